The van der Waals surface area contributed by atoms with E-state index in [4.69, 9.17) is 9.26 Å². The van der Waals surface area contributed by atoms with Gasteiger partial charge in [0.2, 0.25) is 17.6 Å². The number of benzene rings is 2. The second-order valence-corrected chi connectivity index (χ2v) is 7.45. The lowest BCUT2D eigenvalue weighted by molar-refractivity contribution is -0.138. The molecular weight excluding hydrogens is 378 g/mol. The lowest BCUT2D eigenvalue weighted by atomic mass is 10.1. The molecule has 1 aromatic heterocycles. The van der Waals surface area contributed by atoms with Gasteiger partial charge in [-0.15, -0.1) is 0 Å². The summed E-state index contributed by atoms with van der Waals surface area (Å²) in [5.74, 6) is 1.06. The van der Waals surface area contributed by atoms with Crippen LogP contribution in [0.4, 0.5) is 0 Å². The average Bonchev–Trinajstić information content (AvgIpc) is 3.24. The number of hydrogen-bond acceptors (Lipinski definition) is 5. The van der Waals surface area contributed by atoms with Crippen LogP contribution in [0.2, 0.25) is 0 Å². The summed E-state index contributed by atoms with van der Waals surface area (Å²) in [6.45, 7) is 7.13. The largest absolute Gasteiger partial charge is 0.367 e. The molecule has 3 rings (SSSR count). The zero-order valence-corrected chi connectivity index (χ0v) is 17.9. The van der Waals surface area contributed by atoms with Crippen LogP contribution < -0.4 is 0 Å². The Bertz CT molecular complexity index is 922. The first-order valence-corrected chi connectivity index (χ1v) is 10.4. The maximum atomic E-state index is 12.7. The molecule has 0 aliphatic carbocycles. The summed E-state index contributed by atoms with van der Waals surface area (Å²) in [5.41, 5.74) is 3.15. The molecule has 0 unspecified atom stereocenters. The minimum Gasteiger partial charge on any atom is -0.367 e. The molecule has 1 amide bonds. The van der Waals surface area contributed by atoms with Crippen molar-refractivity contribution in [3.05, 3.63) is 71.6 Å². The monoisotopic (exact) mass is 407 g/mol. The summed E-state index contributed by atoms with van der Waals surface area (Å²) in [6.07, 6.45) is 1.37. The molecule has 0 N–H and O–H groups in total. The molecule has 158 valence electrons. The topological polar surface area (TPSA) is 68.5 Å². The first-order valence-electron chi connectivity index (χ1n) is 10.4. The van der Waals surface area contributed by atoms with E-state index in [1.165, 1.54) is 5.56 Å². The maximum Gasteiger partial charge on any atom is 0.248 e. The van der Waals surface area contributed by atoms with Crippen molar-refractivity contribution in [2.24, 2.45) is 0 Å². The number of aromatic nitrogens is 2. The minimum absolute atomic E-state index is 0.0291. The molecule has 3 aromatic rings. The average molecular weight is 408 g/mol. The van der Waals surface area contributed by atoms with Crippen LogP contribution in [0, 0.1) is 6.92 Å². The third-order valence-electron chi connectivity index (χ3n) is 5.12. The Balaban J connectivity index is 1.55. The van der Waals surface area contributed by atoms with Crippen molar-refractivity contribution >= 4 is 5.91 Å². The number of rotatable bonds is 10. The van der Waals surface area contributed by atoms with Crippen molar-refractivity contribution in [1.82, 2.24) is 15.0 Å². The molecule has 0 spiro atoms. The fourth-order valence-electron chi connectivity index (χ4n) is 3.12. The molecule has 0 radical (unpaired) electrons. The Morgan fingerprint density at radius 3 is 2.57 bits per heavy atom. The van der Waals surface area contributed by atoms with Crippen LogP contribution in [0.15, 0.2) is 59.1 Å². The lowest BCUT2D eigenvalue weighted by Crippen LogP contribution is -2.41. The zero-order chi connectivity index (χ0) is 21.3. The highest BCUT2D eigenvalue weighted by atomic mass is 16.5. The second kappa shape index (κ2) is 10.7. The van der Waals surface area contributed by atoms with E-state index in [2.05, 4.69) is 17.1 Å². The van der Waals surface area contributed by atoms with E-state index in [1.54, 1.807) is 0 Å². The summed E-state index contributed by atoms with van der Waals surface area (Å²) in [5, 5.41) is 4.07. The summed E-state index contributed by atoms with van der Waals surface area (Å²) >= 11 is 0. The molecule has 1 heterocycles. The third kappa shape index (κ3) is 6.00. The summed E-state index contributed by atoms with van der Waals surface area (Å²) in [7, 11) is 0. The fraction of sp³-hybridized carbons (Fsp3) is 0.375. The van der Waals surface area contributed by atoms with E-state index >= 15 is 0 Å². The van der Waals surface area contributed by atoms with Gasteiger partial charge in [0.15, 0.2) is 0 Å². The summed E-state index contributed by atoms with van der Waals surface area (Å²) in [4.78, 5) is 19.1. The smallest absolute Gasteiger partial charge is 0.248 e. The Hall–Kier alpha value is -2.99. The van der Waals surface area contributed by atoms with Crippen LogP contribution >= 0.6 is 0 Å². The van der Waals surface area contributed by atoms with Crippen LogP contribution in [0.1, 0.15) is 37.3 Å². The number of ether oxygens (including phenoxy) is 1. The van der Waals surface area contributed by atoms with Gasteiger partial charge < -0.3 is 14.2 Å². The number of hydrogen-bond donors (Lipinski definition) is 0. The second-order valence-electron chi connectivity index (χ2n) is 7.45. The summed E-state index contributed by atoms with van der Waals surface area (Å²) < 4.78 is 11.0. The lowest BCUT2D eigenvalue weighted by Gasteiger charge is -2.28. The Labute approximate surface area is 177 Å². The number of amides is 1. The first kappa shape index (κ1) is 21.7. The first-order chi connectivity index (χ1) is 14.6. The van der Waals surface area contributed by atoms with E-state index in [9.17, 15) is 4.79 Å². The highest BCUT2D eigenvalue weighted by molar-refractivity contribution is 5.77. The van der Waals surface area contributed by atoms with E-state index in [0.717, 1.165) is 17.5 Å². The highest BCUT2D eigenvalue weighted by Gasteiger charge is 2.20. The maximum absolute atomic E-state index is 12.7. The van der Waals surface area contributed by atoms with Crippen molar-refractivity contribution in [2.75, 3.05) is 13.2 Å². The van der Waals surface area contributed by atoms with Gasteiger partial charge in [0.25, 0.3) is 0 Å². The van der Waals surface area contributed by atoms with Gasteiger partial charge in [-0.2, -0.15) is 4.98 Å². The van der Waals surface area contributed by atoms with E-state index in [0.29, 0.717) is 31.3 Å². The number of nitrogens with zero attached hydrogens (tertiary/aromatic N) is 3. The molecule has 0 aliphatic heterocycles. The Morgan fingerprint density at radius 2 is 1.87 bits per heavy atom. The van der Waals surface area contributed by atoms with Crippen molar-refractivity contribution in [3.63, 3.8) is 0 Å². The van der Waals surface area contributed by atoms with E-state index in [-0.39, 0.29) is 18.6 Å². The molecule has 1 atom stereocenters. The minimum atomic E-state index is -0.0291. The standard InChI is InChI=1S/C24H29N3O3/c1-4-19(3)27(23(28)17-29-16-20-8-6-5-7-9-20)15-14-22-25-24(26-30-22)21-12-10-18(2)11-13-21/h5-13,19H,4,14-17H2,1-3H3/t19-/m1/s1. The van der Waals surface area contributed by atoms with Gasteiger partial charge in [0, 0.05) is 24.6 Å². The van der Waals surface area contributed by atoms with Crippen molar-refractivity contribution in [2.45, 2.75) is 46.3 Å². The van der Waals surface area contributed by atoms with E-state index in [1.807, 2.05) is 73.3 Å². The number of carbonyl (C=O) groups is 1. The molecule has 0 fully saturated rings. The molecule has 0 saturated heterocycles. The van der Waals surface area contributed by atoms with Crippen molar-refractivity contribution in [3.8, 4) is 11.4 Å². The Morgan fingerprint density at radius 1 is 1.13 bits per heavy atom. The molecule has 0 aliphatic rings. The van der Waals surface area contributed by atoms with Crippen LogP contribution in [0.3, 0.4) is 0 Å². The van der Waals surface area contributed by atoms with Gasteiger partial charge in [-0.05, 0) is 25.8 Å². The highest BCUT2D eigenvalue weighted by Crippen LogP contribution is 2.17. The van der Waals surface area contributed by atoms with Gasteiger partial charge >= 0.3 is 0 Å². The number of carbonyl (C=O) groups excluding carboxylic acids is 1. The molecular formula is C24H29N3O3. The predicted octanol–water partition coefficient (Wildman–Crippen LogP) is 4.43. The normalized spacial score (nSPS) is 12.0. The van der Waals surface area contributed by atoms with Crippen molar-refractivity contribution in [1.29, 1.82) is 0 Å². The number of aryl methyl sites for hydroxylation is 1. The Kier molecular flexibility index (Phi) is 7.74. The van der Waals surface area contributed by atoms with Gasteiger partial charge in [0.05, 0.1) is 6.61 Å². The van der Waals surface area contributed by atoms with Crippen LogP contribution in [-0.2, 0) is 22.6 Å². The molecule has 0 bridgehead atoms. The van der Waals surface area contributed by atoms with Crippen LogP contribution in [0.25, 0.3) is 11.4 Å². The van der Waals surface area contributed by atoms with Crippen LogP contribution in [0.5, 0.6) is 0 Å². The molecule has 0 saturated carbocycles. The van der Waals surface area contributed by atoms with Crippen LogP contribution in [-0.4, -0.2) is 40.1 Å². The molecule has 6 nitrogen and oxygen atoms in total. The third-order valence-corrected chi connectivity index (χ3v) is 5.12. The van der Waals surface area contributed by atoms with Gasteiger partial charge in [0.1, 0.15) is 6.61 Å². The van der Waals surface area contributed by atoms with Gasteiger partial charge in [-0.25, -0.2) is 0 Å². The zero-order valence-electron chi connectivity index (χ0n) is 17.9. The molecule has 6 heteroatoms. The van der Waals surface area contributed by atoms with Crippen molar-refractivity contribution < 1.29 is 14.1 Å². The quantitative estimate of drug-likeness (QED) is 0.497. The van der Waals surface area contributed by atoms with E-state index < -0.39 is 0 Å². The molecule has 2 aromatic carbocycles. The van der Waals surface area contributed by atoms with Gasteiger partial charge in [-0.1, -0.05) is 72.2 Å². The summed E-state index contributed by atoms with van der Waals surface area (Å²) in [6, 6.07) is 17.9. The SMILES string of the molecule is CC[C@@H](C)N(CCc1nc(-c2ccc(C)cc2)no1)C(=O)COCc1ccccc1. The molecule has 30 heavy (non-hydrogen) atoms. The van der Waals surface area contributed by atoms with Gasteiger partial charge in [-0.3, -0.25) is 4.79 Å². The fourth-order valence-corrected chi connectivity index (χ4v) is 3.12. The predicted molar refractivity (Wildman–Crippen MR) is 116 cm³/mol.